The minimum Gasteiger partial charge on any atom is -0.378 e. The van der Waals surface area contributed by atoms with Crippen LogP contribution in [0.5, 0.6) is 0 Å². The van der Waals surface area contributed by atoms with Gasteiger partial charge in [0.2, 0.25) is 5.91 Å². The molecule has 7 nitrogen and oxygen atoms in total. The number of halogens is 1. The van der Waals surface area contributed by atoms with Crippen LogP contribution in [0.2, 0.25) is 5.02 Å². The summed E-state index contributed by atoms with van der Waals surface area (Å²) in [5.41, 5.74) is 2.39. The van der Waals surface area contributed by atoms with Crippen LogP contribution < -0.4 is 15.8 Å². The van der Waals surface area contributed by atoms with Crippen LogP contribution in [0.1, 0.15) is 19.8 Å². The Hall–Kier alpha value is -2.55. The van der Waals surface area contributed by atoms with Crippen molar-refractivity contribution in [2.24, 2.45) is 0 Å². The zero-order chi connectivity index (χ0) is 23.2. The van der Waals surface area contributed by atoms with Crippen LogP contribution >= 0.6 is 23.4 Å². The summed E-state index contributed by atoms with van der Waals surface area (Å²) < 4.78 is 7.07. The molecule has 0 unspecified atom stereocenters. The van der Waals surface area contributed by atoms with Crippen LogP contribution in [0.4, 0.5) is 11.4 Å². The Morgan fingerprint density at radius 3 is 2.67 bits per heavy atom. The Labute approximate surface area is 202 Å². The number of aromatic nitrogens is 2. The van der Waals surface area contributed by atoms with E-state index in [9.17, 15) is 9.59 Å². The number of carbonyl (C=O) groups is 1. The Morgan fingerprint density at radius 2 is 1.94 bits per heavy atom. The first-order valence-corrected chi connectivity index (χ1v) is 12.5. The van der Waals surface area contributed by atoms with E-state index in [0.717, 1.165) is 44.1 Å². The van der Waals surface area contributed by atoms with Gasteiger partial charge in [0.1, 0.15) is 0 Å². The number of nitrogens with zero attached hydrogens (tertiary/aromatic N) is 3. The number of hydrogen-bond acceptors (Lipinski definition) is 6. The first-order valence-electron chi connectivity index (χ1n) is 11.1. The smallest absolute Gasteiger partial charge is 0.262 e. The maximum atomic E-state index is 12.9. The zero-order valence-corrected chi connectivity index (χ0v) is 20.1. The van der Waals surface area contributed by atoms with Gasteiger partial charge < -0.3 is 15.0 Å². The number of rotatable bonds is 8. The maximum Gasteiger partial charge on any atom is 0.262 e. The van der Waals surface area contributed by atoms with Crippen molar-refractivity contribution in [1.29, 1.82) is 0 Å². The van der Waals surface area contributed by atoms with Gasteiger partial charge in [-0.1, -0.05) is 30.3 Å². The van der Waals surface area contributed by atoms with E-state index < -0.39 is 0 Å². The topological polar surface area (TPSA) is 76.5 Å². The molecule has 3 aromatic rings. The molecule has 1 aliphatic heterocycles. The number of thioether (sulfide) groups is 1. The Balaban J connectivity index is 1.37. The molecular formula is C24H27ClN4O3S. The standard InChI is InChI=1S/C24H27ClN4O3S/c1-2-10-29-23(31)20-8-3-17(25)16-21(20)27-24(29)33-15-9-22(30)26-18-4-6-19(7-5-18)28-11-13-32-14-12-28/h3-8,16H,2,9-15H2,1H3,(H,26,30). The summed E-state index contributed by atoms with van der Waals surface area (Å²) in [6.07, 6.45) is 1.13. The molecular weight excluding hydrogens is 460 g/mol. The summed E-state index contributed by atoms with van der Waals surface area (Å²) in [7, 11) is 0. The lowest BCUT2D eigenvalue weighted by Crippen LogP contribution is -2.36. The molecule has 174 valence electrons. The first kappa shape index (κ1) is 23.6. The largest absolute Gasteiger partial charge is 0.378 e. The van der Waals surface area contributed by atoms with Crippen LogP contribution in [0, 0.1) is 0 Å². The van der Waals surface area contributed by atoms with Crippen molar-refractivity contribution in [3.63, 3.8) is 0 Å². The number of anilines is 2. The van der Waals surface area contributed by atoms with Crippen molar-refractivity contribution in [2.75, 3.05) is 42.3 Å². The average molecular weight is 487 g/mol. The molecule has 1 amide bonds. The third kappa shape index (κ3) is 5.88. The lowest BCUT2D eigenvalue weighted by Gasteiger charge is -2.28. The molecule has 2 aromatic carbocycles. The van der Waals surface area contributed by atoms with Crippen molar-refractivity contribution in [2.45, 2.75) is 31.5 Å². The molecule has 1 saturated heterocycles. The number of fused-ring (bicyclic) bond motifs is 1. The zero-order valence-electron chi connectivity index (χ0n) is 18.6. The summed E-state index contributed by atoms with van der Waals surface area (Å²) in [5, 5.41) is 4.65. The predicted octanol–water partition coefficient (Wildman–Crippen LogP) is 4.42. The fourth-order valence-electron chi connectivity index (χ4n) is 3.74. The number of amides is 1. The second-order valence-corrected chi connectivity index (χ2v) is 9.30. The van der Waals surface area contributed by atoms with Gasteiger partial charge in [-0.15, -0.1) is 0 Å². The molecule has 9 heteroatoms. The third-order valence-electron chi connectivity index (χ3n) is 5.42. The predicted molar refractivity (Wildman–Crippen MR) is 135 cm³/mol. The van der Waals surface area contributed by atoms with E-state index >= 15 is 0 Å². The van der Waals surface area contributed by atoms with Crippen molar-refractivity contribution in [1.82, 2.24) is 9.55 Å². The second-order valence-electron chi connectivity index (χ2n) is 7.81. The average Bonchev–Trinajstić information content (AvgIpc) is 2.82. The number of morpholine rings is 1. The number of nitrogens with one attached hydrogen (secondary N) is 1. The fourth-order valence-corrected chi connectivity index (χ4v) is 4.87. The van der Waals surface area contributed by atoms with Gasteiger partial charge in [-0.2, -0.15) is 0 Å². The van der Waals surface area contributed by atoms with Gasteiger partial charge >= 0.3 is 0 Å². The lowest BCUT2D eigenvalue weighted by atomic mass is 10.2. The maximum absolute atomic E-state index is 12.9. The number of ether oxygens (including phenoxy) is 1. The summed E-state index contributed by atoms with van der Waals surface area (Å²) in [4.78, 5) is 32.3. The highest BCUT2D eigenvalue weighted by atomic mass is 35.5. The molecule has 1 N–H and O–H groups in total. The normalized spacial score (nSPS) is 13.9. The first-order chi connectivity index (χ1) is 16.0. The molecule has 2 heterocycles. The Kier molecular flexibility index (Phi) is 7.90. The van der Waals surface area contributed by atoms with Gasteiger partial charge in [-0.3, -0.25) is 14.2 Å². The number of hydrogen-bond donors (Lipinski definition) is 1. The van der Waals surface area contributed by atoms with Gasteiger partial charge in [-0.05, 0) is 48.9 Å². The van der Waals surface area contributed by atoms with E-state index in [0.29, 0.717) is 39.8 Å². The minimum atomic E-state index is -0.0779. The Morgan fingerprint density at radius 1 is 1.18 bits per heavy atom. The molecule has 0 atom stereocenters. The van der Waals surface area contributed by atoms with Gasteiger partial charge in [0, 0.05) is 48.2 Å². The second kappa shape index (κ2) is 11.0. The van der Waals surface area contributed by atoms with E-state index in [4.69, 9.17) is 16.3 Å². The molecule has 4 rings (SSSR count). The van der Waals surface area contributed by atoms with E-state index in [-0.39, 0.29) is 11.5 Å². The van der Waals surface area contributed by atoms with E-state index in [1.807, 2.05) is 31.2 Å². The minimum absolute atomic E-state index is 0.0742. The van der Waals surface area contributed by atoms with Crippen LogP contribution in [0.3, 0.4) is 0 Å². The monoisotopic (exact) mass is 486 g/mol. The van der Waals surface area contributed by atoms with E-state index in [1.54, 1.807) is 22.8 Å². The fraction of sp³-hybridized carbons (Fsp3) is 0.375. The summed E-state index contributed by atoms with van der Waals surface area (Å²) in [6, 6.07) is 13.0. The number of benzene rings is 2. The van der Waals surface area contributed by atoms with E-state index in [1.165, 1.54) is 11.8 Å². The SMILES string of the molecule is CCCn1c(SCCC(=O)Nc2ccc(N3CCOCC3)cc2)nc2cc(Cl)ccc2c1=O. The Bertz CT molecular complexity index is 1180. The molecule has 1 aliphatic rings. The quantitative estimate of drug-likeness (QED) is 0.375. The van der Waals surface area contributed by atoms with Gasteiger partial charge in [0.15, 0.2) is 5.16 Å². The summed E-state index contributed by atoms with van der Waals surface area (Å²) in [6.45, 7) is 5.82. The van der Waals surface area contributed by atoms with Gasteiger partial charge in [0.05, 0.1) is 24.1 Å². The van der Waals surface area contributed by atoms with Crippen LogP contribution in [-0.4, -0.2) is 47.5 Å². The highest BCUT2D eigenvalue weighted by Gasteiger charge is 2.13. The summed E-state index contributed by atoms with van der Waals surface area (Å²) in [5.74, 6) is 0.440. The van der Waals surface area contributed by atoms with Crippen molar-refractivity contribution >= 4 is 51.5 Å². The molecule has 1 aromatic heterocycles. The third-order valence-corrected chi connectivity index (χ3v) is 6.63. The van der Waals surface area contributed by atoms with Crippen molar-refractivity contribution < 1.29 is 9.53 Å². The molecule has 1 fully saturated rings. The van der Waals surface area contributed by atoms with Crippen molar-refractivity contribution in [3.05, 3.63) is 57.8 Å². The highest BCUT2D eigenvalue weighted by Crippen LogP contribution is 2.22. The van der Waals surface area contributed by atoms with Crippen molar-refractivity contribution in [3.8, 4) is 0 Å². The number of carbonyl (C=O) groups excluding carboxylic acids is 1. The molecule has 0 spiro atoms. The summed E-state index contributed by atoms with van der Waals surface area (Å²) >= 11 is 7.50. The molecule has 0 bridgehead atoms. The van der Waals surface area contributed by atoms with Crippen LogP contribution in [0.15, 0.2) is 52.4 Å². The lowest BCUT2D eigenvalue weighted by molar-refractivity contribution is -0.115. The van der Waals surface area contributed by atoms with Gasteiger partial charge in [0.25, 0.3) is 5.56 Å². The van der Waals surface area contributed by atoms with Crippen LogP contribution in [-0.2, 0) is 16.1 Å². The molecule has 33 heavy (non-hydrogen) atoms. The molecule has 0 radical (unpaired) electrons. The highest BCUT2D eigenvalue weighted by molar-refractivity contribution is 7.99. The van der Waals surface area contributed by atoms with Gasteiger partial charge in [-0.25, -0.2) is 4.98 Å². The molecule has 0 aliphatic carbocycles. The van der Waals surface area contributed by atoms with Crippen LogP contribution in [0.25, 0.3) is 10.9 Å². The van der Waals surface area contributed by atoms with E-state index in [2.05, 4.69) is 15.2 Å². The molecule has 0 saturated carbocycles.